The van der Waals surface area contributed by atoms with Gasteiger partial charge < -0.3 is 5.32 Å². The zero-order valence-electron chi connectivity index (χ0n) is 7.17. The van der Waals surface area contributed by atoms with Gasteiger partial charge in [0.05, 0.1) is 0 Å². The predicted molar refractivity (Wildman–Crippen MR) is 40.9 cm³/mol. The molecule has 1 rings (SSSR count). The van der Waals surface area contributed by atoms with Crippen LogP contribution < -0.4 is 5.32 Å². The highest BCUT2D eigenvalue weighted by atomic mass is 19.4. The minimum atomic E-state index is -3.98. The Bertz CT molecular complexity index is 149. The number of alkyl halides is 3. The van der Waals surface area contributed by atoms with Gasteiger partial charge in [0, 0.05) is 13.0 Å². The van der Waals surface area contributed by atoms with E-state index in [0.717, 1.165) is 19.4 Å². The van der Waals surface area contributed by atoms with Crippen molar-refractivity contribution in [3.05, 3.63) is 0 Å². The number of rotatable bonds is 4. The normalized spacial score (nSPS) is 21.0. The topological polar surface area (TPSA) is 12.0 Å². The molecule has 4 heteroatoms. The molecule has 0 heterocycles. The van der Waals surface area contributed by atoms with Crippen molar-refractivity contribution in [2.24, 2.45) is 5.41 Å². The molecule has 0 aromatic heterocycles. The van der Waals surface area contributed by atoms with E-state index < -0.39 is 12.6 Å². The van der Waals surface area contributed by atoms with Crippen molar-refractivity contribution in [2.45, 2.75) is 31.9 Å². The molecule has 0 unspecified atom stereocenters. The number of hydrogen-bond donors (Lipinski definition) is 1. The van der Waals surface area contributed by atoms with Crippen LogP contribution in [0.15, 0.2) is 0 Å². The Morgan fingerprint density at radius 1 is 1.33 bits per heavy atom. The summed E-state index contributed by atoms with van der Waals surface area (Å²) in [7, 11) is 1.79. The summed E-state index contributed by atoms with van der Waals surface area (Å²) in [5.74, 6) is 0. The molecular weight excluding hydrogens is 167 g/mol. The van der Waals surface area contributed by atoms with Crippen molar-refractivity contribution < 1.29 is 13.2 Å². The Balaban J connectivity index is 2.22. The van der Waals surface area contributed by atoms with Gasteiger partial charge in [0.25, 0.3) is 0 Å². The van der Waals surface area contributed by atoms with Gasteiger partial charge in [-0.05, 0) is 31.7 Å². The molecule has 1 fully saturated rings. The first-order valence-electron chi connectivity index (χ1n) is 4.19. The van der Waals surface area contributed by atoms with Gasteiger partial charge in [0.2, 0.25) is 0 Å². The summed E-state index contributed by atoms with van der Waals surface area (Å²) in [6.07, 6.45) is -2.43. The lowest BCUT2D eigenvalue weighted by molar-refractivity contribution is -0.138. The van der Waals surface area contributed by atoms with Crippen LogP contribution >= 0.6 is 0 Å². The average Bonchev–Trinajstić information content (AvgIpc) is 2.65. The fourth-order valence-corrected chi connectivity index (χ4v) is 1.47. The lowest BCUT2D eigenvalue weighted by Crippen LogP contribution is -2.22. The second-order valence-electron chi connectivity index (χ2n) is 3.65. The second kappa shape index (κ2) is 3.24. The summed E-state index contributed by atoms with van der Waals surface area (Å²) in [6, 6.07) is 0. The molecule has 1 N–H and O–H groups in total. The first kappa shape index (κ1) is 9.84. The van der Waals surface area contributed by atoms with Crippen molar-refractivity contribution in [3.8, 4) is 0 Å². The Kier molecular flexibility index (Phi) is 2.66. The van der Waals surface area contributed by atoms with Gasteiger partial charge in [0.15, 0.2) is 0 Å². The number of hydrogen-bond acceptors (Lipinski definition) is 1. The summed E-state index contributed by atoms with van der Waals surface area (Å²) >= 11 is 0. The fraction of sp³-hybridized carbons (Fsp3) is 1.00. The Hall–Kier alpha value is -0.250. The Morgan fingerprint density at radius 3 is 2.25 bits per heavy atom. The van der Waals surface area contributed by atoms with E-state index in [4.69, 9.17) is 0 Å². The average molecular weight is 181 g/mol. The highest BCUT2D eigenvalue weighted by molar-refractivity contribution is 4.94. The lowest BCUT2D eigenvalue weighted by atomic mass is 10.0. The second-order valence-corrected chi connectivity index (χ2v) is 3.65. The molecule has 0 aromatic rings. The van der Waals surface area contributed by atoms with Crippen molar-refractivity contribution in [2.75, 3.05) is 13.6 Å². The third-order valence-electron chi connectivity index (χ3n) is 2.45. The van der Waals surface area contributed by atoms with E-state index in [1.165, 1.54) is 0 Å². The molecule has 0 amide bonds. The van der Waals surface area contributed by atoms with Crippen molar-refractivity contribution in [3.63, 3.8) is 0 Å². The molecule has 1 aliphatic carbocycles. The maximum absolute atomic E-state index is 11.8. The third kappa shape index (κ3) is 3.01. The van der Waals surface area contributed by atoms with Crippen LogP contribution in [0.3, 0.4) is 0 Å². The van der Waals surface area contributed by atoms with Gasteiger partial charge >= 0.3 is 6.18 Å². The smallest absolute Gasteiger partial charge is 0.319 e. The Morgan fingerprint density at radius 2 is 1.92 bits per heavy atom. The van der Waals surface area contributed by atoms with E-state index in [2.05, 4.69) is 5.32 Å². The van der Waals surface area contributed by atoms with E-state index in [0.29, 0.717) is 0 Å². The molecule has 0 saturated heterocycles. The monoisotopic (exact) mass is 181 g/mol. The van der Waals surface area contributed by atoms with Gasteiger partial charge in [-0.3, -0.25) is 0 Å². The largest absolute Gasteiger partial charge is 0.389 e. The molecule has 0 aliphatic heterocycles. The first-order valence-corrected chi connectivity index (χ1v) is 4.19. The fourth-order valence-electron chi connectivity index (χ4n) is 1.47. The van der Waals surface area contributed by atoms with Gasteiger partial charge in [-0.15, -0.1) is 0 Å². The molecule has 12 heavy (non-hydrogen) atoms. The molecule has 0 radical (unpaired) electrons. The van der Waals surface area contributed by atoms with Crippen LogP contribution in [0.4, 0.5) is 13.2 Å². The summed E-state index contributed by atoms with van der Waals surface area (Å²) in [5, 5.41) is 2.94. The molecule has 1 saturated carbocycles. The molecule has 72 valence electrons. The number of nitrogens with one attached hydrogen (secondary N) is 1. The van der Waals surface area contributed by atoms with E-state index in [9.17, 15) is 13.2 Å². The standard InChI is InChI=1S/C8H14F3N/c1-12-6-7(2-3-7)4-5-8(9,10)11/h12H,2-6H2,1H3. The molecule has 0 aromatic carbocycles. The zero-order valence-corrected chi connectivity index (χ0v) is 7.17. The number of halogens is 3. The molecule has 0 spiro atoms. The summed E-state index contributed by atoms with van der Waals surface area (Å²) < 4.78 is 35.5. The predicted octanol–water partition coefficient (Wildman–Crippen LogP) is 2.33. The van der Waals surface area contributed by atoms with E-state index >= 15 is 0 Å². The summed E-state index contributed by atoms with van der Waals surface area (Å²) in [4.78, 5) is 0. The van der Waals surface area contributed by atoms with Crippen LogP contribution in [0.5, 0.6) is 0 Å². The van der Waals surface area contributed by atoms with Crippen molar-refractivity contribution in [1.29, 1.82) is 0 Å². The summed E-state index contributed by atoms with van der Waals surface area (Å²) in [5.41, 5.74) is -0.0235. The molecule has 1 nitrogen and oxygen atoms in total. The zero-order chi connectivity index (χ0) is 9.24. The first-order chi connectivity index (χ1) is 5.47. The molecule has 1 aliphatic rings. The maximum atomic E-state index is 11.8. The molecule has 0 bridgehead atoms. The van der Waals surface area contributed by atoms with Crippen LogP contribution in [-0.2, 0) is 0 Å². The minimum absolute atomic E-state index is 0.0235. The highest BCUT2D eigenvalue weighted by Gasteiger charge is 2.44. The third-order valence-corrected chi connectivity index (χ3v) is 2.45. The van der Waals surface area contributed by atoms with Gasteiger partial charge in [0.1, 0.15) is 0 Å². The van der Waals surface area contributed by atoms with Gasteiger partial charge in [-0.2, -0.15) is 13.2 Å². The van der Waals surface area contributed by atoms with E-state index in [-0.39, 0.29) is 11.8 Å². The molecular formula is C8H14F3N. The Labute approximate surface area is 70.3 Å². The summed E-state index contributed by atoms with van der Waals surface area (Å²) in [6.45, 7) is 0.725. The van der Waals surface area contributed by atoms with Gasteiger partial charge in [-0.25, -0.2) is 0 Å². The van der Waals surface area contributed by atoms with Crippen LogP contribution in [0, 0.1) is 5.41 Å². The van der Waals surface area contributed by atoms with Crippen LogP contribution in [0.2, 0.25) is 0 Å². The van der Waals surface area contributed by atoms with E-state index in [1.807, 2.05) is 0 Å². The van der Waals surface area contributed by atoms with E-state index in [1.54, 1.807) is 7.05 Å². The minimum Gasteiger partial charge on any atom is -0.319 e. The van der Waals surface area contributed by atoms with Crippen LogP contribution in [-0.4, -0.2) is 19.8 Å². The SMILES string of the molecule is CNCC1(CCC(F)(F)F)CC1. The highest BCUT2D eigenvalue weighted by Crippen LogP contribution is 2.50. The quantitative estimate of drug-likeness (QED) is 0.701. The van der Waals surface area contributed by atoms with Crippen LogP contribution in [0.25, 0.3) is 0 Å². The molecule has 0 atom stereocenters. The lowest BCUT2D eigenvalue weighted by Gasteiger charge is -2.15. The van der Waals surface area contributed by atoms with Gasteiger partial charge in [-0.1, -0.05) is 0 Å². The maximum Gasteiger partial charge on any atom is 0.389 e. The van der Waals surface area contributed by atoms with Crippen molar-refractivity contribution in [1.82, 2.24) is 5.32 Å². The van der Waals surface area contributed by atoms with Crippen molar-refractivity contribution >= 4 is 0 Å². The van der Waals surface area contributed by atoms with Crippen LogP contribution in [0.1, 0.15) is 25.7 Å².